The van der Waals surface area contributed by atoms with Crippen LogP contribution in [0, 0.1) is 0 Å². The van der Waals surface area contributed by atoms with Gasteiger partial charge in [-0.1, -0.05) is 6.92 Å². The van der Waals surface area contributed by atoms with Gasteiger partial charge in [-0.2, -0.15) is 0 Å². The van der Waals surface area contributed by atoms with E-state index in [9.17, 15) is 4.39 Å². The SMILES string of the molecule is CCC(C)(F)CN(C)CCCCCO. The van der Waals surface area contributed by atoms with Crippen molar-refractivity contribution in [3.05, 3.63) is 0 Å². The summed E-state index contributed by atoms with van der Waals surface area (Å²) in [5.41, 5.74) is -1.06. The van der Waals surface area contributed by atoms with Gasteiger partial charge in [0.05, 0.1) is 0 Å². The summed E-state index contributed by atoms with van der Waals surface area (Å²) in [7, 11) is 1.95. The molecule has 0 aromatic rings. The van der Waals surface area contributed by atoms with E-state index in [1.54, 1.807) is 6.92 Å². The normalized spacial score (nSPS) is 15.9. The molecule has 1 atom stereocenters. The number of aliphatic hydroxyl groups is 1. The second kappa shape index (κ2) is 7.18. The molecule has 0 saturated carbocycles. The zero-order valence-electron chi connectivity index (χ0n) is 9.72. The number of unbranched alkanes of at least 4 members (excludes halogenated alkanes) is 2. The summed E-state index contributed by atoms with van der Waals surface area (Å²) in [5.74, 6) is 0. The summed E-state index contributed by atoms with van der Waals surface area (Å²) in [4.78, 5) is 2.03. The van der Waals surface area contributed by atoms with E-state index in [-0.39, 0.29) is 6.61 Å². The maximum atomic E-state index is 13.6. The molecule has 0 heterocycles. The summed E-state index contributed by atoms with van der Waals surface area (Å²) >= 11 is 0. The van der Waals surface area contributed by atoms with Gasteiger partial charge in [0.2, 0.25) is 0 Å². The Kier molecular flexibility index (Phi) is 7.11. The van der Waals surface area contributed by atoms with E-state index >= 15 is 0 Å². The molecular formula is C11H24FNO. The largest absolute Gasteiger partial charge is 0.396 e. The van der Waals surface area contributed by atoms with Crippen molar-refractivity contribution in [3.63, 3.8) is 0 Å². The molecule has 0 radical (unpaired) electrons. The summed E-state index contributed by atoms with van der Waals surface area (Å²) in [5, 5.41) is 8.58. The molecule has 0 spiro atoms. The van der Waals surface area contributed by atoms with E-state index in [2.05, 4.69) is 0 Å². The molecule has 0 aromatic heterocycles. The number of rotatable bonds is 8. The lowest BCUT2D eigenvalue weighted by molar-refractivity contribution is 0.118. The Morgan fingerprint density at radius 1 is 1.29 bits per heavy atom. The molecule has 1 N–H and O–H groups in total. The molecule has 86 valence electrons. The second-order valence-corrected chi connectivity index (χ2v) is 4.29. The summed E-state index contributed by atoms with van der Waals surface area (Å²) in [6.45, 7) is 5.21. The highest BCUT2D eigenvalue weighted by molar-refractivity contribution is 4.74. The minimum absolute atomic E-state index is 0.263. The Balaban J connectivity index is 3.49. The highest BCUT2D eigenvalue weighted by Gasteiger charge is 2.21. The minimum Gasteiger partial charge on any atom is -0.396 e. The molecule has 0 fully saturated rings. The van der Waals surface area contributed by atoms with Crippen LogP contribution in [0.2, 0.25) is 0 Å². The monoisotopic (exact) mass is 205 g/mol. The fourth-order valence-corrected chi connectivity index (χ4v) is 1.42. The van der Waals surface area contributed by atoms with Crippen molar-refractivity contribution in [2.24, 2.45) is 0 Å². The molecular weight excluding hydrogens is 181 g/mol. The quantitative estimate of drug-likeness (QED) is 0.614. The van der Waals surface area contributed by atoms with E-state index in [0.29, 0.717) is 13.0 Å². The smallest absolute Gasteiger partial charge is 0.120 e. The van der Waals surface area contributed by atoms with Crippen LogP contribution in [0.5, 0.6) is 0 Å². The van der Waals surface area contributed by atoms with Crippen molar-refractivity contribution in [2.75, 3.05) is 26.7 Å². The molecule has 0 bridgehead atoms. The predicted molar refractivity (Wildman–Crippen MR) is 58.2 cm³/mol. The van der Waals surface area contributed by atoms with E-state index in [1.807, 2.05) is 18.9 Å². The van der Waals surface area contributed by atoms with Crippen LogP contribution in [0.1, 0.15) is 39.5 Å². The summed E-state index contributed by atoms with van der Waals surface area (Å²) < 4.78 is 13.6. The van der Waals surface area contributed by atoms with Crippen LogP contribution in [-0.4, -0.2) is 42.4 Å². The molecule has 3 heteroatoms. The van der Waals surface area contributed by atoms with E-state index in [4.69, 9.17) is 5.11 Å². The molecule has 2 nitrogen and oxygen atoms in total. The van der Waals surface area contributed by atoms with Crippen molar-refractivity contribution in [1.82, 2.24) is 4.90 Å². The molecule has 0 aliphatic heterocycles. The first-order chi connectivity index (χ1) is 6.52. The van der Waals surface area contributed by atoms with E-state index in [0.717, 1.165) is 25.8 Å². The Labute approximate surface area is 87.1 Å². The van der Waals surface area contributed by atoms with Gasteiger partial charge in [0.15, 0.2) is 0 Å². The molecule has 14 heavy (non-hydrogen) atoms. The molecule has 0 aromatic carbocycles. The lowest BCUT2D eigenvalue weighted by Crippen LogP contribution is -2.35. The van der Waals surface area contributed by atoms with Gasteiger partial charge < -0.3 is 10.0 Å². The van der Waals surface area contributed by atoms with Gasteiger partial charge in [-0.05, 0) is 46.2 Å². The Morgan fingerprint density at radius 3 is 2.43 bits per heavy atom. The Bertz CT molecular complexity index is 139. The first-order valence-corrected chi connectivity index (χ1v) is 5.50. The van der Waals surface area contributed by atoms with Crippen molar-refractivity contribution < 1.29 is 9.50 Å². The van der Waals surface area contributed by atoms with Crippen molar-refractivity contribution >= 4 is 0 Å². The van der Waals surface area contributed by atoms with Crippen LogP contribution in [0.15, 0.2) is 0 Å². The predicted octanol–water partition coefficient (Wildman–Crippen LogP) is 2.22. The molecule has 0 aliphatic rings. The highest BCUT2D eigenvalue weighted by atomic mass is 19.1. The zero-order valence-corrected chi connectivity index (χ0v) is 9.72. The zero-order chi connectivity index (χ0) is 11.0. The number of hydrogen-bond donors (Lipinski definition) is 1. The van der Waals surface area contributed by atoms with Crippen LogP contribution in [0.3, 0.4) is 0 Å². The van der Waals surface area contributed by atoms with Gasteiger partial charge in [0, 0.05) is 13.2 Å². The fourth-order valence-electron chi connectivity index (χ4n) is 1.42. The fraction of sp³-hybridized carbons (Fsp3) is 1.00. The number of nitrogens with zero attached hydrogens (tertiary/aromatic N) is 1. The lowest BCUT2D eigenvalue weighted by Gasteiger charge is -2.25. The van der Waals surface area contributed by atoms with Crippen molar-refractivity contribution in [1.29, 1.82) is 0 Å². The molecule has 0 rings (SSSR count). The number of aliphatic hydroxyl groups excluding tert-OH is 1. The number of halogens is 1. The topological polar surface area (TPSA) is 23.5 Å². The maximum absolute atomic E-state index is 13.6. The summed E-state index contributed by atoms with van der Waals surface area (Å²) in [6, 6.07) is 0. The molecule has 1 unspecified atom stereocenters. The standard InChI is InChI=1S/C11H24FNO/c1-4-11(2,12)10-13(3)8-6-5-7-9-14/h14H,4-10H2,1-3H3. The van der Waals surface area contributed by atoms with E-state index < -0.39 is 5.67 Å². The third-order valence-electron chi connectivity index (χ3n) is 2.53. The molecule has 0 saturated heterocycles. The third kappa shape index (κ3) is 7.27. The van der Waals surface area contributed by atoms with Gasteiger partial charge >= 0.3 is 0 Å². The first kappa shape index (κ1) is 13.8. The molecule has 0 aliphatic carbocycles. The maximum Gasteiger partial charge on any atom is 0.120 e. The average Bonchev–Trinajstić information content (AvgIpc) is 2.12. The van der Waals surface area contributed by atoms with E-state index in [1.165, 1.54) is 0 Å². The number of hydrogen-bond acceptors (Lipinski definition) is 2. The van der Waals surface area contributed by atoms with Gasteiger partial charge in [0.25, 0.3) is 0 Å². The van der Waals surface area contributed by atoms with Crippen molar-refractivity contribution in [2.45, 2.75) is 45.2 Å². The lowest BCUT2D eigenvalue weighted by atomic mass is 10.1. The highest BCUT2D eigenvalue weighted by Crippen LogP contribution is 2.15. The second-order valence-electron chi connectivity index (χ2n) is 4.29. The summed E-state index contributed by atoms with van der Waals surface area (Å²) in [6.07, 6.45) is 3.48. The van der Waals surface area contributed by atoms with Gasteiger partial charge in [-0.25, -0.2) is 4.39 Å². The van der Waals surface area contributed by atoms with Gasteiger partial charge in [0.1, 0.15) is 5.67 Å². The minimum atomic E-state index is -1.06. The Hall–Kier alpha value is -0.150. The van der Waals surface area contributed by atoms with Crippen LogP contribution in [0.4, 0.5) is 4.39 Å². The van der Waals surface area contributed by atoms with Crippen LogP contribution >= 0.6 is 0 Å². The third-order valence-corrected chi connectivity index (χ3v) is 2.53. The van der Waals surface area contributed by atoms with Crippen molar-refractivity contribution in [3.8, 4) is 0 Å². The first-order valence-electron chi connectivity index (χ1n) is 5.50. The van der Waals surface area contributed by atoms with Gasteiger partial charge in [-0.3, -0.25) is 0 Å². The van der Waals surface area contributed by atoms with Gasteiger partial charge in [-0.15, -0.1) is 0 Å². The number of alkyl halides is 1. The van der Waals surface area contributed by atoms with Crippen LogP contribution in [0.25, 0.3) is 0 Å². The molecule has 0 amide bonds. The Morgan fingerprint density at radius 2 is 1.93 bits per heavy atom. The average molecular weight is 205 g/mol. The van der Waals surface area contributed by atoms with Crippen LogP contribution in [-0.2, 0) is 0 Å². The van der Waals surface area contributed by atoms with Crippen LogP contribution < -0.4 is 0 Å².